The van der Waals surface area contributed by atoms with Gasteiger partial charge in [-0.05, 0) is 25.1 Å². The van der Waals surface area contributed by atoms with Crippen molar-refractivity contribution in [3.63, 3.8) is 0 Å². The van der Waals surface area contributed by atoms with E-state index < -0.39 is 9.84 Å². The van der Waals surface area contributed by atoms with Gasteiger partial charge in [-0.15, -0.1) is 11.3 Å². The average Bonchev–Trinajstić information content (AvgIpc) is 2.64. The Hall–Kier alpha value is -0.100. The van der Waals surface area contributed by atoms with Crippen molar-refractivity contribution in [1.82, 2.24) is 5.32 Å². The lowest BCUT2D eigenvalue weighted by molar-refractivity contribution is 0.592. The van der Waals surface area contributed by atoms with Crippen LogP contribution in [0.5, 0.6) is 0 Å². The standard InChI is InChI=1S/C10H16ClNO2S2/c1-2-16(13,14)8-7-12-6-5-9-3-4-10(11)15-9/h3-4,12H,2,5-8H2,1H3. The maximum Gasteiger partial charge on any atom is 0.151 e. The molecule has 3 nitrogen and oxygen atoms in total. The molecule has 0 aliphatic heterocycles. The number of sulfone groups is 1. The molecule has 0 bridgehead atoms. The molecule has 0 atom stereocenters. The minimum Gasteiger partial charge on any atom is -0.315 e. The summed E-state index contributed by atoms with van der Waals surface area (Å²) in [6, 6.07) is 3.88. The van der Waals surface area contributed by atoms with Crippen LogP contribution in [0, 0.1) is 0 Å². The number of hydrogen-bond acceptors (Lipinski definition) is 4. The van der Waals surface area contributed by atoms with Crippen LogP contribution in [0.4, 0.5) is 0 Å². The summed E-state index contributed by atoms with van der Waals surface area (Å²) in [5.74, 6) is 0.434. The fourth-order valence-electron chi connectivity index (χ4n) is 1.19. The van der Waals surface area contributed by atoms with E-state index in [1.54, 1.807) is 18.3 Å². The monoisotopic (exact) mass is 281 g/mol. The van der Waals surface area contributed by atoms with Crippen LogP contribution in [0.1, 0.15) is 11.8 Å². The predicted molar refractivity (Wildman–Crippen MR) is 70.2 cm³/mol. The molecule has 16 heavy (non-hydrogen) atoms. The summed E-state index contributed by atoms with van der Waals surface area (Å²) in [6.07, 6.45) is 0.892. The Morgan fingerprint density at radius 1 is 1.38 bits per heavy atom. The molecule has 0 radical (unpaired) electrons. The zero-order valence-electron chi connectivity index (χ0n) is 9.20. The molecule has 1 aromatic rings. The van der Waals surface area contributed by atoms with E-state index in [-0.39, 0.29) is 11.5 Å². The number of thiophene rings is 1. The van der Waals surface area contributed by atoms with E-state index in [1.165, 1.54) is 4.88 Å². The second kappa shape index (κ2) is 6.59. The SMILES string of the molecule is CCS(=O)(=O)CCNCCc1ccc(Cl)s1. The first kappa shape index (κ1) is 14.0. The van der Waals surface area contributed by atoms with Crippen LogP contribution in [0.2, 0.25) is 4.34 Å². The molecule has 1 N–H and O–H groups in total. The summed E-state index contributed by atoms with van der Waals surface area (Å²) in [5.41, 5.74) is 0. The fraction of sp³-hybridized carbons (Fsp3) is 0.600. The van der Waals surface area contributed by atoms with Gasteiger partial charge in [0.15, 0.2) is 9.84 Å². The molecular formula is C10H16ClNO2S2. The number of halogens is 1. The second-order valence-corrected chi connectivity index (χ2v) is 7.71. The van der Waals surface area contributed by atoms with Crippen LogP contribution in [-0.4, -0.2) is 33.0 Å². The van der Waals surface area contributed by atoms with Crippen molar-refractivity contribution in [3.05, 3.63) is 21.3 Å². The van der Waals surface area contributed by atoms with Gasteiger partial charge in [-0.3, -0.25) is 0 Å². The summed E-state index contributed by atoms with van der Waals surface area (Å²) in [7, 11) is -2.84. The third kappa shape index (κ3) is 5.30. The lowest BCUT2D eigenvalue weighted by Gasteiger charge is -2.03. The third-order valence-electron chi connectivity index (χ3n) is 2.21. The van der Waals surface area contributed by atoms with E-state index >= 15 is 0 Å². The summed E-state index contributed by atoms with van der Waals surface area (Å²) >= 11 is 7.36. The van der Waals surface area contributed by atoms with E-state index in [1.807, 2.05) is 12.1 Å². The highest BCUT2D eigenvalue weighted by molar-refractivity contribution is 7.91. The molecule has 0 amide bonds. The molecule has 0 aromatic carbocycles. The van der Waals surface area contributed by atoms with E-state index in [4.69, 9.17) is 11.6 Å². The molecule has 92 valence electrons. The number of rotatable bonds is 7. The second-order valence-electron chi connectivity index (χ2n) is 3.44. The first-order valence-electron chi connectivity index (χ1n) is 5.19. The normalized spacial score (nSPS) is 11.9. The quantitative estimate of drug-likeness (QED) is 0.778. The fourth-order valence-corrected chi connectivity index (χ4v) is 3.03. The molecule has 0 saturated carbocycles. The van der Waals surface area contributed by atoms with Crippen LogP contribution in [0.15, 0.2) is 12.1 Å². The van der Waals surface area contributed by atoms with Gasteiger partial charge in [-0.1, -0.05) is 18.5 Å². The summed E-state index contributed by atoms with van der Waals surface area (Å²) in [4.78, 5) is 1.22. The molecule has 0 aliphatic rings. The van der Waals surface area contributed by atoms with E-state index in [9.17, 15) is 8.42 Å². The van der Waals surface area contributed by atoms with Gasteiger partial charge in [0.1, 0.15) is 0 Å². The van der Waals surface area contributed by atoms with Crippen LogP contribution in [0.3, 0.4) is 0 Å². The molecule has 0 unspecified atom stereocenters. The molecule has 1 rings (SSSR count). The smallest absolute Gasteiger partial charge is 0.151 e. The van der Waals surface area contributed by atoms with E-state index in [2.05, 4.69) is 5.32 Å². The van der Waals surface area contributed by atoms with Crippen LogP contribution < -0.4 is 5.32 Å². The molecular weight excluding hydrogens is 266 g/mol. The number of nitrogens with one attached hydrogen (secondary N) is 1. The van der Waals surface area contributed by atoms with Crippen molar-refractivity contribution in [1.29, 1.82) is 0 Å². The first-order valence-corrected chi connectivity index (χ1v) is 8.20. The Bertz CT molecular complexity index is 414. The van der Waals surface area contributed by atoms with Gasteiger partial charge >= 0.3 is 0 Å². The van der Waals surface area contributed by atoms with Gasteiger partial charge in [-0.25, -0.2) is 8.42 Å². The molecule has 6 heteroatoms. The highest BCUT2D eigenvalue weighted by Crippen LogP contribution is 2.21. The Balaban J connectivity index is 2.13. The summed E-state index contributed by atoms with van der Waals surface area (Å²) in [5, 5.41) is 3.12. The van der Waals surface area contributed by atoms with Crippen molar-refractivity contribution in [2.45, 2.75) is 13.3 Å². The maximum absolute atomic E-state index is 11.2. The van der Waals surface area contributed by atoms with Crippen molar-refractivity contribution >= 4 is 32.8 Å². The van der Waals surface area contributed by atoms with Gasteiger partial charge in [0.05, 0.1) is 10.1 Å². The van der Waals surface area contributed by atoms with E-state index in [0.717, 1.165) is 17.3 Å². The molecule has 0 saturated heterocycles. The molecule has 0 aliphatic carbocycles. The minimum atomic E-state index is -2.84. The maximum atomic E-state index is 11.2. The zero-order chi connectivity index (χ0) is 12.0. The van der Waals surface area contributed by atoms with Crippen LogP contribution >= 0.6 is 22.9 Å². The van der Waals surface area contributed by atoms with Gasteiger partial charge in [-0.2, -0.15) is 0 Å². The molecule has 0 spiro atoms. The highest BCUT2D eigenvalue weighted by Gasteiger charge is 2.05. The Morgan fingerprint density at radius 2 is 2.12 bits per heavy atom. The third-order valence-corrected chi connectivity index (χ3v) is 5.20. The van der Waals surface area contributed by atoms with Gasteiger partial charge in [0.25, 0.3) is 0 Å². The van der Waals surface area contributed by atoms with Crippen molar-refractivity contribution in [2.24, 2.45) is 0 Å². The molecule has 0 fully saturated rings. The van der Waals surface area contributed by atoms with Crippen molar-refractivity contribution < 1.29 is 8.42 Å². The lowest BCUT2D eigenvalue weighted by Crippen LogP contribution is -2.25. The average molecular weight is 282 g/mol. The van der Waals surface area contributed by atoms with Gasteiger partial charge in [0, 0.05) is 17.2 Å². The Morgan fingerprint density at radius 3 is 2.69 bits per heavy atom. The van der Waals surface area contributed by atoms with Crippen molar-refractivity contribution in [2.75, 3.05) is 24.6 Å². The van der Waals surface area contributed by atoms with Crippen LogP contribution in [0.25, 0.3) is 0 Å². The Labute approximate surface area is 106 Å². The van der Waals surface area contributed by atoms with E-state index in [0.29, 0.717) is 6.54 Å². The van der Waals surface area contributed by atoms with Crippen LogP contribution in [-0.2, 0) is 16.3 Å². The first-order chi connectivity index (χ1) is 7.53. The lowest BCUT2D eigenvalue weighted by atomic mass is 10.3. The summed E-state index contributed by atoms with van der Waals surface area (Å²) in [6.45, 7) is 2.98. The minimum absolute atomic E-state index is 0.217. The number of hydrogen-bond donors (Lipinski definition) is 1. The van der Waals surface area contributed by atoms with Gasteiger partial charge < -0.3 is 5.32 Å². The summed E-state index contributed by atoms with van der Waals surface area (Å²) < 4.78 is 23.2. The zero-order valence-corrected chi connectivity index (χ0v) is 11.6. The topological polar surface area (TPSA) is 46.2 Å². The highest BCUT2D eigenvalue weighted by atomic mass is 35.5. The van der Waals surface area contributed by atoms with Gasteiger partial charge in [0.2, 0.25) is 0 Å². The molecule has 1 aromatic heterocycles. The largest absolute Gasteiger partial charge is 0.315 e. The predicted octanol–water partition coefficient (Wildman–Crippen LogP) is 1.97. The Kier molecular flexibility index (Phi) is 5.75. The van der Waals surface area contributed by atoms with Crippen molar-refractivity contribution in [3.8, 4) is 0 Å². The molecule has 1 heterocycles.